The van der Waals surface area contributed by atoms with E-state index in [2.05, 4.69) is 11.9 Å². The van der Waals surface area contributed by atoms with Crippen LogP contribution in [0.2, 0.25) is 0 Å². The van der Waals surface area contributed by atoms with E-state index in [0.717, 1.165) is 0 Å². The SMILES string of the molecule is C=C(C)C(=O)NC(C)(C)CC(C)=O. The Kier molecular flexibility index (Phi) is 3.85. The summed E-state index contributed by atoms with van der Waals surface area (Å²) in [5.74, 6) is -0.140. The van der Waals surface area contributed by atoms with Crippen molar-refractivity contribution < 1.29 is 9.59 Å². The van der Waals surface area contributed by atoms with E-state index >= 15 is 0 Å². The zero-order valence-corrected chi connectivity index (χ0v) is 8.73. The summed E-state index contributed by atoms with van der Waals surface area (Å²) < 4.78 is 0. The molecule has 0 aromatic heterocycles. The van der Waals surface area contributed by atoms with Crippen molar-refractivity contribution in [1.29, 1.82) is 0 Å². The fraction of sp³-hybridized carbons (Fsp3) is 0.600. The number of rotatable bonds is 4. The van der Waals surface area contributed by atoms with Gasteiger partial charge >= 0.3 is 0 Å². The average Bonchev–Trinajstić information content (AvgIpc) is 1.81. The van der Waals surface area contributed by atoms with Gasteiger partial charge < -0.3 is 5.32 Å². The summed E-state index contributed by atoms with van der Waals surface area (Å²) in [6.07, 6.45) is 0.339. The highest BCUT2D eigenvalue weighted by Gasteiger charge is 2.22. The highest BCUT2D eigenvalue weighted by molar-refractivity contribution is 5.93. The molecule has 0 saturated heterocycles. The van der Waals surface area contributed by atoms with Crippen molar-refractivity contribution in [2.24, 2.45) is 0 Å². The minimum absolute atomic E-state index is 0.0621. The van der Waals surface area contributed by atoms with Gasteiger partial charge in [-0.3, -0.25) is 9.59 Å². The van der Waals surface area contributed by atoms with Gasteiger partial charge in [0.2, 0.25) is 5.91 Å². The minimum atomic E-state index is -0.484. The molecule has 3 heteroatoms. The summed E-state index contributed by atoms with van der Waals surface area (Å²) in [6, 6.07) is 0. The van der Waals surface area contributed by atoms with Crippen LogP contribution in [0.15, 0.2) is 12.2 Å². The van der Waals surface area contributed by atoms with Crippen LogP contribution in [0, 0.1) is 0 Å². The lowest BCUT2D eigenvalue weighted by Gasteiger charge is -2.24. The number of nitrogens with one attached hydrogen (secondary N) is 1. The van der Waals surface area contributed by atoms with Crippen LogP contribution >= 0.6 is 0 Å². The molecule has 0 spiro atoms. The third-order valence-corrected chi connectivity index (χ3v) is 1.53. The summed E-state index contributed by atoms with van der Waals surface area (Å²) >= 11 is 0. The van der Waals surface area contributed by atoms with Crippen LogP contribution in [0.5, 0.6) is 0 Å². The molecule has 74 valence electrons. The number of ketones is 1. The Morgan fingerprint density at radius 3 is 2.08 bits per heavy atom. The van der Waals surface area contributed by atoms with Crippen molar-refractivity contribution in [1.82, 2.24) is 5.32 Å². The molecule has 0 bridgehead atoms. The molecule has 0 aliphatic carbocycles. The molecule has 0 heterocycles. The Hall–Kier alpha value is -1.12. The molecule has 0 aromatic carbocycles. The van der Waals surface area contributed by atoms with Gasteiger partial charge in [-0.05, 0) is 27.7 Å². The maximum Gasteiger partial charge on any atom is 0.246 e. The molecule has 0 rings (SSSR count). The summed E-state index contributed by atoms with van der Waals surface area (Å²) in [5.41, 5.74) is -0.0290. The Labute approximate surface area is 79.2 Å². The minimum Gasteiger partial charge on any atom is -0.347 e. The van der Waals surface area contributed by atoms with Crippen LogP contribution in [0.25, 0.3) is 0 Å². The normalized spacial score (nSPS) is 10.8. The molecule has 0 atom stereocenters. The Morgan fingerprint density at radius 1 is 1.31 bits per heavy atom. The summed E-state index contributed by atoms with van der Waals surface area (Å²) in [6.45, 7) is 10.3. The van der Waals surface area contributed by atoms with E-state index in [1.807, 2.05) is 13.8 Å². The second-order valence-electron chi connectivity index (χ2n) is 4.00. The quantitative estimate of drug-likeness (QED) is 0.670. The predicted octanol–water partition coefficient (Wildman–Crippen LogP) is 1.44. The monoisotopic (exact) mass is 183 g/mol. The van der Waals surface area contributed by atoms with Crippen LogP contribution < -0.4 is 5.32 Å². The van der Waals surface area contributed by atoms with Gasteiger partial charge in [0.05, 0.1) is 0 Å². The van der Waals surface area contributed by atoms with Gasteiger partial charge in [0.1, 0.15) is 5.78 Å². The first-order valence-electron chi connectivity index (χ1n) is 4.22. The summed E-state index contributed by atoms with van der Waals surface area (Å²) in [4.78, 5) is 22.1. The molecule has 0 aromatic rings. The van der Waals surface area contributed by atoms with Gasteiger partial charge in [0.15, 0.2) is 0 Å². The topological polar surface area (TPSA) is 46.2 Å². The van der Waals surface area contributed by atoms with Crippen LogP contribution in [0.3, 0.4) is 0 Å². The molecule has 0 radical (unpaired) electrons. The lowest BCUT2D eigenvalue weighted by Crippen LogP contribution is -2.44. The largest absolute Gasteiger partial charge is 0.347 e. The molecule has 13 heavy (non-hydrogen) atoms. The fourth-order valence-corrected chi connectivity index (χ4v) is 1.08. The maximum atomic E-state index is 11.2. The Morgan fingerprint density at radius 2 is 1.77 bits per heavy atom. The summed E-state index contributed by atoms with van der Waals surface area (Å²) in [5, 5.41) is 2.73. The van der Waals surface area contributed by atoms with E-state index in [4.69, 9.17) is 0 Å². The molecule has 0 aliphatic rings. The van der Waals surface area contributed by atoms with Gasteiger partial charge in [-0.1, -0.05) is 6.58 Å². The van der Waals surface area contributed by atoms with Gasteiger partial charge in [-0.15, -0.1) is 0 Å². The molecule has 1 amide bonds. The first-order chi connectivity index (χ1) is 5.74. The van der Waals surface area contributed by atoms with Gasteiger partial charge in [0.25, 0.3) is 0 Å². The number of carbonyl (C=O) groups is 2. The first-order valence-corrected chi connectivity index (χ1v) is 4.22. The Bertz CT molecular complexity index is 241. The van der Waals surface area contributed by atoms with Crippen LogP contribution in [0.1, 0.15) is 34.1 Å². The van der Waals surface area contributed by atoms with Gasteiger partial charge in [-0.25, -0.2) is 0 Å². The molecule has 0 unspecified atom stereocenters. The zero-order chi connectivity index (χ0) is 10.6. The van der Waals surface area contributed by atoms with Crippen molar-refractivity contribution in [3.8, 4) is 0 Å². The zero-order valence-electron chi connectivity index (χ0n) is 8.73. The number of hydrogen-bond donors (Lipinski definition) is 1. The molecule has 0 fully saturated rings. The lowest BCUT2D eigenvalue weighted by molar-refractivity contribution is -0.121. The van der Waals surface area contributed by atoms with E-state index in [1.165, 1.54) is 6.92 Å². The molecule has 0 aliphatic heterocycles. The molecular formula is C10H17NO2. The number of amides is 1. The van der Waals surface area contributed by atoms with E-state index in [9.17, 15) is 9.59 Å². The second-order valence-corrected chi connectivity index (χ2v) is 4.00. The van der Waals surface area contributed by atoms with E-state index in [1.54, 1.807) is 6.92 Å². The number of hydrogen-bond acceptors (Lipinski definition) is 2. The fourth-order valence-electron chi connectivity index (χ4n) is 1.08. The van der Waals surface area contributed by atoms with Crippen molar-refractivity contribution in [3.63, 3.8) is 0 Å². The third-order valence-electron chi connectivity index (χ3n) is 1.53. The molecule has 1 N–H and O–H groups in total. The number of Topliss-reactive ketones (excluding diaryl/α,β-unsaturated/α-hetero) is 1. The summed E-state index contributed by atoms with van der Waals surface area (Å²) in [7, 11) is 0. The molecule has 3 nitrogen and oxygen atoms in total. The molecular weight excluding hydrogens is 166 g/mol. The lowest BCUT2D eigenvalue weighted by atomic mass is 9.98. The van der Waals surface area contributed by atoms with Gasteiger partial charge in [0, 0.05) is 17.5 Å². The standard InChI is InChI=1S/C10H17NO2/c1-7(2)9(13)11-10(4,5)6-8(3)12/h1,6H2,2-5H3,(H,11,13). The van der Waals surface area contributed by atoms with E-state index in [-0.39, 0.29) is 11.7 Å². The van der Waals surface area contributed by atoms with Crippen molar-refractivity contribution in [2.45, 2.75) is 39.7 Å². The van der Waals surface area contributed by atoms with E-state index < -0.39 is 5.54 Å². The van der Waals surface area contributed by atoms with Crippen LogP contribution in [-0.4, -0.2) is 17.2 Å². The smallest absolute Gasteiger partial charge is 0.246 e. The van der Waals surface area contributed by atoms with Crippen molar-refractivity contribution in [3.05, 3.63) is 12.2 Å². The van der Waals surface area contributed by atoms with Gasteiger partial charge in [-0.2, -0.15) is 0 Å². The third kappa shape index (κ3) is 5.17. The van der Waals surface area contributed by atoms with Crippen molar-refractivity contribution in [2.75, 3.05) is 0 Å². The van der Waals surface area contributed by atoms with Crippen LogP contribution in [0.4, 0.5) is 0 Å². The maximum absolute atomic E-state index is 11.2. The highest BCUT2D eigenvalue weighted by atomic mass is 16.2. The highest BCUT2D eigenvalue weighted by Crippen LogP contribution is 2.09. The number of carbonyl (C=O) groups excluding carboxylic acids is 2. The Balaban J connectivity index is 4.24. The second kappa shape index (κ2) is 4.21. The predicted molar refractivity (Wildman–Crippen MR) is 52.3 cm³/mol. The van der Waals surface area contributed by atoms with Crippen molar-refractivity contribution >= 4 is 11.7 Å². The van der Waals surface area contributed by atoms with E-state index in [0.29, 0.717) is 12.0 Å². The van der Waals surface area contributed by atoms with Crippen LogP contribution in [-0.2, 0) is 9.59 Å². The average molecular weight is 183 g/mol. The molecule has 0 saturated carbocycles. The first kappa shape index (κ1) is 11.9.